The van der Waals surface area contributed by atoms with E-state index in [1.54, 1.807) is 4.90 Å². The summed E-state index contributed by atoms with van der Waals surface area (Å²) in [7, 11) is 1.81. The Morgan fingerprint density at radius 1 is 1.24 bits per heavy atom. The van der Waals surface area contributed by atoms with Gasteiger partial charge in [-0.1, -0.05) is 41.9 Å². The molecule has 0 saturated carbocycles. The number of rotatable bonds is 1. The normalized spacial score (nSPS) is 25.6. The molecule has 1 aromatic carbocycles. The van der Waals surface area contributed by atoms with Crippen molar-refractivity contribution in [2.24, 2.45) is 10.4 Å². The number of aliphatic imine (C=N–C) groups is 1. The number of amides is 1. The minimum atomic E-state index is -0.381. The van der Waals surface area contributed by atoms with Crippen molar-refractivity contribution in [3.8, 4) is 0 Å². The molecule has 4 heteroatoms. The smallest absolute Gasteiger partial charge is 0.248 e. The maximum Gasteiger partial charge on any atom is 0.248 e. The Kier molecular flexibility index (Phi) is 3.46. The summed E-state index contributed by atoms with van der Waals surface area (Å²) in [4.78, 5) is 18.5. The third-order valence-electron chi connectivity index (χ3n) is 4.19. The van der Waals surface area contributed by atoms with Crippen LogP contribution in [0.15, 0.2) is 58.2 Å². The Bertz CT molecular complexity index is 675. The Labute approximate surface area is 129 Å². The van der Waals surface area contributed by atoms with Crippen molar-refractivity contribution in [1.29, 1.82) is 0 Å². The molecule has 3 nitrogen and oxygen atoms in total. The van der Waals surface area contributed by atoms with Gasteiger partial charge in [0.2, 0.25) is 5.91 Å². The van der Waals surface area contributed by atoms with Gasteiger partial charge in [-0.05, 0) is 31.1 Å². The predicted octanol–water partition coefficient (Wildman–Crippen LogP) is 3.36. The maximum atomic E-state index is 12.2. The van der Waals surface area contributed by atoms with Crippen LogP contribution in [0.4, 0.5) is 0 Å². The number of likely N-dealkylation sites (N-methyl/N-ethyl adjacent to an activating group) is 1. The number of hydrogen-bond acceptors (Lipinski definition) is 2. The molecule has 3 rings (SSSR count). The Morgan fingerprint density at radius 3 is 2.67 bits per heavy atom. The fourth-order valence-electron chi connectivity index (χ4n) is 3.09. The Hall–Kier alpha value is -1.87. The summed E-state index contributed by atoms with van der Waals surface area (Å²) in [5, 5.41) is 0.785. The van der Waals surface area contributed by atoms with Gasteiger partial charge in [0.15, 0.2) is 0 Å². The lowest BCUT2D eigenvalue weighted by atomic mass is 9.73. The SMILES string of the molecule is CN1C(=O)CN=C(c2ccccc2)C2(C)CC(Cl)=CC=C12. The van der Waals surface area contributed by atoms with Crippen molar-refractivity contribution < 1.29 is 4.79 Å². The molecule has 1 aromatic rings. The van der Waals surface area contributed by atoms with E-state index < -0.39 is 0 Å². The molecule has 1 amide bonds. The minimum Gasteiger partial charge on any atom is -0.317 e. The predicted molar refractivity (Wildman–Crippen MR) is 85.4 cm³/mol. The van der Waals surface area contributed by atoms with E-state index in [9.17, 15) is 4.79 Å². The van der Waals surface area contributed by atoms with Gasteiger partial charge in [0, 0.05) is 17.8 Å². The second-order valence-electron chi connectivity index (χ2n) is 5.66. The van der Waals surface area contributed by atoms with Crippen LogP contribution in [-0.2, 0) is 4.79 Å². The van der Waals surface area contributed by atoms with Crippen molar-refractivity contribution in [3.63, 3.8) is 0 Å². The van der Waals surface area contributed by atoms with Crippen LogP contribution in [0.2, 0.25) is 0 Å². The molecule has 1 aliphatic heterocycles. The topological polar surface area (TPSA) is 32.7 Å². The highest BCUT2D eigenvalue weighted by Crippen LogP contribution is 2.44. The van der Waals surface area contributed by atoms with Gasteiger partial charge in [-0.2, -0.15) is 0 Å². The van der Waals surface area contributed by atoms with Crippen molar-refractivity contribution in [2.75, 3.05) is 13.6 Å². The quantitative estimate of drug-likeness (QED) is 0.783. The van der Waals surface area contributed by atoms with Gasteiger partial charge >= 0.3 is 0 Å². The number of benzene rings is 1. The van der Waals surface area contributed by atoms with E-state index in [-0.39, 0.29) is 17.9 Å². The molecular weight excluding hydrogens is 284 g/mol. The highest BCUT2D eigenvalue weighted by molar-refractivity contribution is 6.30. The van der Waals surface area contributed by atoms with E-state index in [1.807, 2.05) is 49.5 Å². The summed E-state index contributed by atoms with van der Waals surface area (Å²) in [6.07, 6.45) is 4.47. The molecule has 0 N–H and O–H groups in total. The van der Waals surface area contributed by atoms with Gasteiger partial charge in [0.25, 0.3) is 0 Å². The van der Waals surface area contributed by atoms with E-state index in [2.05, 4.69) is 11.9 Å². The van der Waals surface area contributed by atoms with E-state index >= 15 is 0 Å². The lowest BCUT2D eigenvalue weighted by Crippen LogP contribution is -2.39. The van der Waals surface area contributed by atoms with E-state index in [0.29, 0.717) is 6.42 Å². The molecule has 0 spiro atoms. The van der Waals surface area contributed by atoms with Crippen molar-refractivity contribution in [2.45, 2.75) is 13.3 Å². The van der Waals surface area contributed by atoms with Crippen LogP contribution in [0.5, 0.6) is 0 Å². The van der Waals surface area contributed by atoms with Crippen molar-refractivity contribution in [3.05, 3.63) is 58.8 Å². The first-order valence-electron chi connectivity index (χ1n) is 6.96. The number of nitrogens with zero attached hydrogens (tertiary/aromatic N) is 2. The first kappa shape index (κ1) is 14.1. The summed E-state index contributed by atoms with van der Waals surface area (Å²) in [5.74, 6) is 0.00447. The van der Waals surface area contributed by atoms with Crippen LogP contribution in [0.25, 0.3) is 0 Å². The zero-order chi connectivity index (χ0) is 15.0. The number of carbonyl (C=O) groups excluding carboxylic acids is 1. The van der Waals surface area contributed by atoms with Crippen molar-refractivity contribution >= 4 is 23.2 Å². The molecule has 108 valence electrons. The molecule has 1 aliphatic carbocycles. The monoisotopic (exact) mass is 300 g/mol. The highest BCUT2D eigenvalue weighted by Gasteiger charge is 2.42. The number of hydrogen-bond donors (Lipinski definition) is 0. The van der Waals surface area contributed by atoms with E-state index in [1.165, 1.54) is 0 Å². The van der Waals surface area contributed by atoms with Gasteiger partial charge in [-0.25, -0.2) is 0 Å². The summed E-state index contributed by atoms with van der Waals surface area (Å²) in [6, 6.07) is 10.0. The molecule has 1 unspecified atom stereocenters. The molecule has 0 bridgehead atoms. The first-order chi connectivity index (χ1) is 10.0. The molecular formula is C17H17ClN2O. The summed E-state index contributed by atoms with van der Waals surface area (Å²) in [5.41, 5.74) is 2.55. The molecule has 0 fully saturated rings. The largest absolute Gasteiger partial charge is 0.317 e. The van der Waals surface area contributed by atoms with Crippen LogP contribution in [0.1, 0.15) is 18.9 Å². The molecule has 1 atom stereocenters. The Morgan fingerprint density at radius 2 is 1.95 bits per heavy atom. The fraction of sp³-hybridized carbons (Fsp3) is 0.294. The van der Waals surface area contributed by atoms with Crippen LogP contribution in [0.3, 0.4) is 0 Å². The summed E-state index contributed by atoms with van der Waals surface area (Å²) in [6.45, 7) is 2.28. The molecule has 0 aromatic heterocycles. The maximum absolute atomic E-state index is 12.2. The highest BCUT2D eigenvalue weighted by atomic mass is 35.5. The molecule has 0 radical (unpaired) electrons. The molecule has 21 heavy (non-hydrogen) atoms. The van der Waals surface area contributed by atoms with E-state index in [0.717, 1.165) is 22.0 Å². The lowest BCUT2D eigenvalue weighted by Gasteiger charge is -2.38. The van der Waals surface area contributed by atoms with Gasteiger partial charge in [0.05, 0.1) is 11.1 Å². The van der Waals surface area contributed by atoms with Crippen LogP contribution in [-0.4, -0.2) is 30.1 Å². The second kappa shape index (κ2) is 5.15. The fourth-order valence-corrected chi connectivity index (χ4v) is 3.43. The third-order valence-corrected chi connectivity index (χ3v) is 4.45. The standard InChI is InChI=1S/C17H17ClN2O/c1-17-10-13(18)8-9-14(17)20(2)15(21)11-19-16(17)12-6-4-3-5-7-12/h3-9H,10-11H2,1-2H3. The van der Waals surface area contributed by atoms with Crippen LogP contribution >= 0.6 is 11.6 Å². The number of fused-ring (bicyclic) bond motifs is 1. The summed E-state index contributed by atoms with van der Waals surface area (Å²) >= 11 is 6.27. The van der Waals surface area contributed by atoms with E-state index in [4.69, 9.17) is 11.6 Å². The average Bonchev–Trinajstić information content (AvgIpc) is 2.56. The summed E-state index contributed by atoms with van der Waals surface area (Å²) < 4.78 is 0. The number of allylic oxidation sites excluding steroid dienone is 4. The third kappa shape index (κ3) is 2.32. The molecule has 0 saturated heterocycles. The van der Waals surface area contributed by atoms with Gasteiger partial charge < -0.3 is 4.90 Å². The minimum absolute atomic E-state index is 0.00447. The van der Waals surface area contributed by atoms with Crippen molar-refractivity contribution in [1.82, 2.24) is 4.90 Å². The van der Waals surface area contributed by atoms with Crippen LogP contribution in [0, 0.1) is 5.41 Å². The average molecular weight is 301 g/mol. The van der Waals surface area contributed by atoms with Gasteiger partial charge in [-0.15, -0.1) is 0 Å². The number of carbonyl (C=O) groups is 1. The first-order valence-corrected chi connectivity index (χ1v) is 7.34. The van der Waals surface area contributed by atoms with Gasteiger partial charge in [0.1, 0.15) is 6.54 Å². The number of halogens is 1. The Balaban J connectivity index is 2.18. The second-order valence-corrected chi connectivity index (χ2v) is 6.14. The van der Waals surface area contributed by atoms with Crippen LogP contribution < -0.4 is 0 Å². The zero-order valence-corrected chi connectivity index (χ0v) is 12.9. The van der Waals surface area contributed by atoms with Gasteiger partial charge in [-0.3, -0.25) is 9.79 Å². The lowest BCUT2D eigenvalue weighted by molar-refractivity contribution is -0.126. The zero-order valence-electron chi connectivity index (χ0n) is 12.1. The molecule has 2 aliphatic rings. The molecule has 1 heterocycles.